The molecule has 28 heavy (non-hydrogen) atoms. The van der Waals surface area contributed by atoms with Crippen molar-refractivity contribution in [2.45, 2.75) is 26.7 Å². The molecular weight excluding hydrogens is 354 g/mol. The molecule has 0 atom stereocenters. The molecular formula is C20H21N7O. The summed E-state index contributed by atoms with van der Waals surface area (Å²) in [4.78, 5) is 21.0. The molecule has 3 aromatic rings. The minimum Gasteiger partial charge on any atom is -0.354 e. The van der Waals surface area contributed by atoms with Crippen molar-refractivity contribution in [3.63, 3.8) is 0 Å². The van der Waals surface area contributed by atoms with Crippen molar-refractivity contribution in [1.29, 1.82) is 5.26 Å². The highest BCUT2D eigenvalue weighted by molar-refractivity contribution is 5.91. The third kappa shape index (κ3) is 4.71. The number of amides is 1. The highest BCUT2D eigenvalue weighted by Crippen LogP contribution is 2.19. The van der Waals surface area contributed by atoms with Gasteiger partial charge in [-0.15, -0.1) is 0 Å². The van der Waals surface area contributed by atoms with Crippen LogP contribution in [0.2, 0.25) is 0 Å². The molecule has 0 radical (unpaired) electrons. The molecule has 0 spiro atoms. The second-order valence-corrected chi connectivity index (χ2v) is 6.32. The van der Waals surface area contributed by atoms with E-state index in [9.17, 15) is 10.1 Å². The minimum atomic E-state index is -0.183. The molecule has 1 amide bonds. The molecule has 2 aromatic heterocycles. The van der Waals surface area contributed by atoms with E-state index in [-0.39, 0.29) is 5.91 Å². The van der Waals surface area contributed by atoms with Crippen LogP contribution < -0.4 is 10.6 Å². The van der Waals surface area contributed by atoms with Crippen molar-refractivity contribution in [2.24, 2.45) is 0 Å². The Hall–Kier alpha value is -3.73. The Kier molecular flexibility index (Phi) is 5.97. The number of aromatic nitrogens is 4. The number of carbonyl (C=O) groups is 1. The minimum absolute atomic E-state index is 0.183. The van der Waals surface area contributed by atoms with Crippen LogP contribution in [0.5, 0.6) is 0 Å². The lowest BCUT2D eigenvalue weighted by molar-refractivity contribution is -0.116. The summed E-state index contributed by atoms with van der Waals surface area (Å²) in [7, 11) is 0. The summed E-state index contributed by atoms with van der Waals surface area (Å²) in [5.41, 5.74) is 2.88. The van der Waals surface area contributed by atoms with Gasteiger partial charge in [-0.25, -0.2) is 14.6 Å². The van der Waals surface area contributed by atoms with E-state index >= 15 is 0 Å². The van der Waals surface area contributed by atoms with E-state index in [4.69, 9.17) is 0 Å². The van der Waals surface area contributed by atoms with Crippen molar-refractivity contribution in [3.8, 4) is 11.8 Å². The van der Waals surface area contributed by atoms with Gasteiger partial charge in [0.05, 0.1) is 11.9 Å². The molecule has 0 saturated carbocycles. The lowest BCUT2D eigenvalue weighted by Gasteiger charge is -2.10. The number of hydrogen-bond acceptors (Lipinski definition) is 6. The predicted molar refractivity (Wildman–Crippen MR) is 106 cm³/mol. The van der Waals surface area contributed by atoms with Gasteiger partial charge in [0.25, 0.3) is 0 Å². The van der Waals surface area contributed by atoms with Gasteiger partial charge in [-0.1, -0.05) is 18.2 Å². The molecule has 3 rings (SSSR count). The number of nitrogens with zero attached hydrogens (tertiary/aromatic N) is 5. The van der Waals surface area contributed by atoms with Crippen LogP contribution in [0.4, 0.5) is 11.8 Å². The summed E-state index contributed by atoms with van der Waals surface area (Å²) in [5.74, 6) is 0.758. The highest BCUT2D eigenvalue weighted by Gasteiger charge is 2.14. The Labute approximate surface area is 163 Å². The second-order valence-electron chi connectivity index (χ2n) is 6.32. The number of benzene rings is 1. The average Bonchev–Trinajstić information content (AvgIpc) is 3.07. The molecule has 2 N–H and O–H groups in total. The Balaban J connectivity index is 1.58. The average molecular weight is 375 g/mol. The molecule has 0 saturated heterocycles. The number of anilines is 2. The molecule has 0 aliphatic heterocycles. The Morgan fingerprint density at radius 1 is 1.18 bits per heavy atom. The topological polar surface area (TPSA) is 109 Å². The van der Waals surface area contributed by atoms with E-state index in [0.29, 0.717) is 36.7 Å². The number of rotatable bonds is 7. The third-order valence-electron chi connectivity index (χ3n) is 3.99. The van der Waals surface area contributed by atoms with Crippen LogP contribution in [0.15, 0.2) is 42.6 Å². The molecule has 0 bridgehead atoms. The number of aryl methyl sites for hydroxylation is 2. The van der Waals surface area contributed by atoms with Crippen LogP contribution in [0.25, 0.3) is 5.69 Å². The summed E-state index contributed by atoms with van der Waals surface area (Å²) in [6.07, 6.45) is 2.34. The molecule has 0 unspecified atom stereocenters. The van der Waals surface area contributed by atoms with Crippen molar-refractivity contribution < 1.29 is 4.79 Å². The zero-order chi connectivity index (χ0) is 19.9. The van der Waals surface area contributed by atoms with Gasteiger partial charge in [0, 0.05) is 24.4 Å². The van der Waals surface area contributed by atoms with Gasteiger partial charge in [-0.05, 0) is 38.5 Å². The predicted octanol–water partition coefficient (Wildman–Crippen LogP) is 2.98. The lowest BCUT2D eigenvalue weighted by atomic mass is 10.2. The SMILES string of the molecule is Cc1cc(C)nc(NCCCC(=O)Nc2c(C#N)cnn2-c2ccccc2)n1. The molecule has 8 nitrogen and oxygen atoms in total. The monoisotopic (exact) mass is 375 g/mol. The normalized spacial score (nSPS) is 10.3. The first-order valence-electron chi connectivity index (χ1n) is 8.96. The number of nitriles is 1. The number of hydrogen-bond donors (Lipinski definition) is 2. The van der Waals surface area contributed by atoms with Gasteiger partial charge < -0.3 is 10.6 Å². The molecule has 0 fully saturated rings. The number of nitrogens with one attached hydrogen (secondary N) is 2. The van der Waals surface area contributed by atoms with Gasteiger partial charge in [-0.2, -0.15) is 10.4 Å². The second kappa shape index (κ2) is 8.77. The maximum absolute atomic E-state index is 12.4. The summed E-state index contributed by atoms with van der Waals surface area (Å²) in [5, 5.41) is 19.4. The van der Waals surface area contributed by atoms with E-state index in [1.807, 2.05) is 50.2 Å². The van der Waals surface area contributed by atoms with Crippen LogP contribution in [0.3, 0.4) is 0 Å². The van der Waals surface area contributed by atoms with Crippen LogP contribution in [-0.4, -0.2) is 32.2 Å². The van der Waals surface area contributed by atoms with E-state index in [1.165, 1.54) is 6.20 Å². The fraction of sp³-hybridized carbons (Fsp3) is 0.250. The maximum atomic E-state index is 12.4. The maximum Gasteiger partial charge on any atom is 0.225 e. The van der Waals surface area contributed by atoms with Gasteiger partial charge in [-0.3, -0.25) is 4.79 Å². The molecule has 0 aliphatic rings. The van der Waals surface area contributed by atoms with Crippen molar-refractivity contribution in [2.75, 3.05) is 17.2 Å². The van der Waals surface area contributed by atoms with Crippen molar-refractivity contribution in [3.05, 3.63) is 59.5 Å². The molecule has 0 aliphatic carbocycles. The molecule has 1 aromatic carbocycles. The largest absolute Gasteiger partial charge is 0.354 e. The molecule has 142 valence electrons. The summed E-state index contributed by atoms with van der Waals surface area (Å²) in [6, 6.07) is 13.3. The van der Waals surface area contributed by atoms with Gasteiger partial charge >= 0.3 is 0 Å². The smallest absolute Gasteiger partial charge is 0.225 e. The standard InChI is InChI=1S/C20H21N7O/c1-14-11-15(2)25-20(24-14)22-10-6-9-18(28)26-19-16(12-21)13-23-27(19)17-7-4-3-5-8-17/h3-5,7-8,11,13H,6,9-10H2,1-2H3,(H,26,28)(H,22,24,25). The van der Waals surface area contributed by atoms with Crippen molar-refractivity contribution in [1.82, 2.24) is 19.7 Å². The number of carbonyl (C=O) groups excluding carboxylic acids is 1. The van der Waals surface area contributed by atoms with Crippen LogP contribution in [0.1, 0.15) is 29.8 Å². The first-order chi connectivity index (χ1) is 13.6. The van der Waals surface area contributed by atoms with Gasteiger partial charge in [0.1, 0.15) is 11.6 Å². The first-order valence-corrected chi connectivity index (χ1v) is 8.96. The third-order valence-corrected chi connectivity index (χ3v) is 3.99. The zero-order valence-corrected chi connectivity index (χ0v) is 15.8. The van der Waals surface area contributed by atoms with Crippen LogP contribution in [0, 0.1) is 25.2 Å². The van der Waals surface area contributed by atoms with Crippen LogP contribution >= 0.6 is 0 Å². The van der Waals surface area contributed by atoms with Crippen LogP contribution in [-0.2, 0) is 4.79 Å². The van der Waals surface area contributed by atoms with Gasteiger partial charge in [0.15, 0.2) is 5.82 Å². The van der Waals surface area contributed by atoms with E-state index in [0.717, 1.165) is 17.1 Å². The summed E-state index contributed by atoms with van der Waals surface area (Å²) in [6.45, 7) is 4.39. The van der Waals surface area contributed by atoms with Gasteiger partial charge in [0.2, 0.25) is 11.9 Å². The fourth-order valence-corrected chi connectivity index (χ4v) is 2.76. The van der Waals surface area contributed by atoms with E-state index < -0.39 is 0 Å². The number of para-hydroxylation sites is 1. The zero-order valence-electron chi connectivity index (χ0n) is 15.8. The highest BCUT2D eigenvalue weighted by atomic mass is 16.1. The Bertz CT molecular complexity index is 985. The molecule has 2 heterocycles. The van der Waals surface area contributed by atoms with E-state index in [1.54, 1.807) is 4.68 Å². The fourth-order valence-electron chi connectivity index (χ4n) is 2.76. The summed E-state index contributed by atoms with van der Waals surface area (Å²) < 4.78 is 1.55. The Morgan fingerprint density at radius 2 is 1.89 bits per heavy atom. The van der Waals surface area contributed by atoms with E-state index in [2.05, 4.69) is 31.8 Å². The summed E-state index contributed by atoms with van der Waals surface area (Å²) >= 11 is 0. The quantitative estimate of drug-likeness (QED) is 0.615. The van der Waals surface area contributed by atoms with Crippen molar-refractivity contribution >= 4 is 17.7 Å². The first kappa shape index (κ1) is 19.0. The lowest BCUT2D eigenvalue weighted by Crippen LogP contribution is -2.17. The Morgan fingerprint density at radius 3 is 2.57 bits per heavy atom. The molecule has 8 heteroatoms.